The van der Waals surface area contributed by atoms with Crippen molar-refractivity contribution in [3.8, 4) is 0 Å². The van der Waals surface area contributed by atoms with Crippen LogP contribution in [0.4, 0.5) is 5.69 Å². The van der Waals surface area contributed by atoms with Crippen molar-refractivity contribution in [2.75, 3.05) is 0 Å². The predicted molar refractivity (Wildman–Crippen MR) is 130 cm³/mol. The first-order chi connectivity index (χ1) is 14.5. The zero-order valence-corrected chi connectivity index (χ0v) is 18.7. The average molecular weight is 458 g/mol. The van der Waals surface area contributed by atoms with Gasteiger partial charge in [-0.1, -0.05) is 76.1 Å². The molecule has 1 unspecified atom stereocenters. The molecule has 0 spiro atoms. The summed E-state index contributed by atoms with van der Waals surface area (Å²) in [4.78, 5) is 9.91. The van der Waals surface area contributed by atoms with Crippen molar-refractivity contribution in [2.45, 2.75) is 26.2 Å². The molecule has 1 aliphatic heterocycles. The van der Waals surface area contributed by atoms with Crippen molar-refractivity contribution in [3.05, 3.63) is 111 Å². The molecule has 3 nitrogen and oxygen atoms in total. The molecule has 1 aliphatic rings. The van der Waals surface area contributed by atoms with Gasteiger partial charge in [-0.15, -0.1) is 0 Å². The van der Waals surface area contributed by atoms with Crippen LogP contribution in [0.5, 0.6) is 0 Å². The van der Waals surface area contributed by atoms with E-state index in [2.05, 4.69) is 71.4 Å². The highest BCUT2D eigenvalue weighted by Crippen LogP contribution is 2.36. The summed E-state index contributed by atoms with van der Waals surface area (Å²) in [6, 6.07) is 26.9. The van der Waals surface area contributed by atoms with Crippen molar-refractivity contribution in [2.24, 2.45) is 15.7 Å². The number of aryl methyl sites for hydroxylation is 1. The number of hydrogen-bond donors (Lipinski definition) is 1. The van der Waals surface area contributed by atoms with E-state index < -0.39 is 0 Å². The first-order valence-electron chi connectivity index (χ1n) is 10.0. The third kappa shape index (κ3) is 4.44. The Morgan fingerprint density at radius 1 is 1.00 bits per heavy atom. The van der Waals surface area contributed by atoms with E-state index in [9.17, 15) is 0 Å². The van der Waals surface area contributed by atoms with Crippen LogP contribution in [-0.2, 0) is 0 Å². The van der Waals surface area contributed by atoms with E-state index in [0.29, 0.717) is 5.84 Å². The van der Waals surface area contributed by atoms with Crippen LogP contribution < -0.4 is 5.73 Å². The van der Waals surface area contributed by atoms with Gasteiger partial charge in [0.25, 0.3) is 0 Å². The number of halogens is 1. The molecule has 0 aromatic heterocycles. The molecule has 0 bridgehead atoms. The summed E-state index contributed by atoms with van der Waals surface area (Å²) >= 11 is 3.58. The van der Waals surface area contributed by atoms with E-state index in [1.807, 2.05) is 37.3 Å². The van der Waals surface area contributed by atoms with Gasteiger partial charge in [0.1, 0.15) is 0 Å². The van der Waals surface area contributed by atoms with Crippen LogP contribution in [0.1, 0.15) is 36.0 Å². The first kappa shape index (κ1) is 20.3. The molecule has 2 N–H and O–H groups in total. The summed E-state index contributed by atoms with van der Waals surface area (Å²) in [6.45, 7) is 4.01. The molecule has 3 aromatic rings. The third-order valence-corrected chi connectivity index (χ3v) is 5.77. The Bertz CT molecular complexity index is 1140. The molecule has 150 valence electrons. The lowest BCUT2D eigenvalue weighted by Crippen LogP contribution is -2.25. The lowest BCUT2D eigenvalue weighted by molar-refractivity contribution is 0.834. The van der Waals surface area contributed by atoms with Gasteiger partial charge in [-0.05, 0) is 49.2 Å². The summed E-state index contributed by atoms with van der Waals surface area (Å²) in [5, 5.41) is 0. The molecular formula is C26H24BrN3. The molecule has 4 rings (SSSR count). The number of aliphatic imine (C=N–C) groups is 2. The molecule has 3 aromatic carbocycles. The maximum Gasteiger partial charge on any atom is 0.158 e. The maximum absolute atomic E-state index is 6.39. The van der Waals surface area contributed by atoms with E-state index >= 15 is 0 Å². The van der Waals surface area contributed by atoms with Crippen LogP contribution in [-0.4, -0.2) is 11.5 Å². The van der Waals surface area contributed by atoms with Gasteiger partial charge in [0.15, 0.2) is 5.84 Å². The highest BCUT2D eigenvalue weighted by Gasteiger charge is 2.30. The molecule has 0 fully saturated rings. The second kappa shape index (κ2) is 8.80. The second-order valence-corrected chi connectivity index (χ2v) is 8.52. The van der Waals surface area contributed by atoms with E-state index in [4.69, 9.17) is 15.7 Å². The first-order valence-corrected chi connectivity index (χ1v) is 10.8. The molecule has 4 heteroatoms. The van der Waals surface area contributed by atoms with E-state index in [-0.39, 0.29) is 5.92 Å². The summed E-state index contributed by atoms with van der Waals surface area (Å²) in [6.07, 6.45) is 0.775. The normalized spacial score (nSPS) is 19.5. The molecule has 0 radical (unpaired) electrons. The Kier molecular flexibility index (Phi) is 5.96. The molecule has 0 amide bonds. The van der Waals surface area contributed by atoms with E-state index in [0.717, 1.165) is 39.1 Å². The van der Waals surface area contributed by atoms with E-state index in [1.165, 1.54) is 11.1 Å². The minimum atomic E-state index is 0.104. The van der Waals surface area contributed by atoms with Gasteiger partial charge in [-0.2, -0.15) is 0 Å². The fraction of sp³-hybridized carbons (Fsp3) is 0.154. The molecule has 1 atom stereocenters. The predicted octanol–water partition coefficient (Wildman–Crippen LogP) is 6.70. The third-order valence-electron chi connectivity index (χ3n) is 5.28. The summed E-state index contributed by atoms with van der Waals surface area (Å²) in [7, 11) is 0. The van der Waals surface area contributed by atoms with Gasteiger partial charge >= 0.3 is 0 Å². The van der Waals surface area contributed by atoms with Crippen LogP contribution >= 0.6 is 15.9 Å². The minimum Gasteiger partial charge on any atom is -0.402 e. The van der Waals surface area contributed by atoms with Crippen LogP contribution in [0.2, 0.25) is 0 Å². The standard InChI is InChI=1S/C26H24BrN3/c1-17-11-13-22(14-12-17)29-26-25(18(2)28)23(19-7-4-3-5-8-19)16-24(30-26)20-9-6-10-21(27)15-20/h3-15,23H,16,28H2,1-2H3. The summed E-state index contributed by atoms with van der Waals surface area (Å²) < 4.78 is 1.03. The molecule has 0 aliphatic carbocycles. The molecule has 30 heavy (non-hydrogen) atoms. The largest absolute Gasteiger partial charge is 0.402 e. The summed E-state index contributed by atoms with van der Waals surface area (Å²) in [5.41, 5.74) is 13.6. The van der Waals surface area contributed by atoms with Crippen molar-refractivity contribution in [1.82, 2.24) is 0 Å². The molecule has 1 heterocycles. The molecular weight excluding hydrogens is 434 g/mol. The smallest absolute Gasteiger partial charge is 0.158 e. The average Bonchev–Trinajstić information content (AvgIpc) is 2.75. The highest BCUT2D eigenvalue weighted by molar-refractivity contribution is 9.10. The summed E-state index contributed by atoms with van der Waals surface area (Å²) in [5.74, 6) is 0.792. The Labute approximate surface area is 186 Å². The molecule has 0 saturated carbocycles. The number of amidine groups is 1. The van der Waals surface area contributed by atoms with Gasteiger partial charge in [0.2, 0.25) is 0 Å². The molecule has 0 saturated heterocycles. The van der Waals surface area contributed by atoms with Crippen LogP contribution in [0.15, 0.2) is 105 Å². The number of nitrogens with two attached hydrogens (primary N) is 1. The Hall–Kier alpha value is -2.98. The van der Waals surface area contributed by atoms with Gasteiger partial charge in [-0.3, -0.25) is 0 Å². The fourth-order valence-electron chi connectivity index (χ4n) is 3.78. The van der Waals surface area contributed by atoms with Gasteiger partial charge in [0, 0.05) is 28.1 Å². The number of benzene rings is 3. The zero-order chi connectivity index (χ0) is 21.1. The van der Waals surface area contributed by atoms with Gasteiger partial charge < -0.3 is 5.73 Å². The van der Waals surface area contributed by atoms with Crippen molar-refractivity contribution < 1.29 is 0 Å². The Morgan fingerprint density at radius 3 is 2.40 bits per heavy atom. The SMILES string of the molecule is CC(N)=C1C(=Nc2ccc(C)cc2)N=C(c2cccc(Br)c2)CC1c1ccccc1. The van der Waals surface area contributed by atoms with Crippen LogP contribution in [0, 0.1) is 6.92 Å². The lowest BCUT2D eigenvalue weighted by Gasteiger charge is -2.28. The Morgan fingerprint density at radius 2 is 1.73 bits per heavy atom. The van der Waals surface area contributed by atoms with Crippen molar-refractivity contribution in [3.63, 3.8) is 0 Å². The maximum atomic E-state index is 6.39. The quantitative estimate of drug-likeness (QED) is 0.467. The van der Waals surface area contributed by atoms with Crippen LogP contribution in [0.3, 0.4) is 0 Å². The van der Waals surface area contributed by atoms with Gasteiger partial charge in [-0.25, -0.2) is 9.98 Å². The lowest BCUT2D eigenvalue weighted by atomic mass is 9.81. The number of rotatable bonds is 3. The Balaban J connectivity index is 1.90. The second-order valence-electron chi connectivity index (χ2n) is 7.60. The number of nitrogens with zero attached hydrogens (tertiary/aromatic N) is 2. The number of allylic oxidation sites excluding steroid dienone is 1. The van der Waals surface area contributed by atoms with Crippen molar-refractivity contribution in [1.29, 1.82) is 0 Å². The van der Waals surface area contributed by atoms with Crippen molar-refractivity contribution >= 4 is 33.2 Å². The monoisotopic (exact) mass is 457 g/mol. The van der Waals surface area contributed by atoms with Gasteiger partial charge in [0.05, 0.1) is 11.4 Å². The zero-order valence-electron chi connectivity index (χ0n) is 17.1. The fourth-order valence-corrected chi connectivity index (χ4v) is 4.18. The van der Waals surface area contributed by atoms with E-state index in [1.54, 1.807) is 0 Å². The minimum absolute atomic E-state index is 0.104. The topological polar surface area (TPSA) is 50.7 Å². The number of hydrogen-bond acceptors (Lipinski definition) is 2. The van der Waals surface area contributed by atoms with Crippen LogP contribution in [0.25, 0.3) is 0 Å². The highest BCUT2D eigenvalue weighted by atomic mass is 79.9.